The van der Waals surface area contributed by atoms with Gasteiger partial charge in [-0.15, -0.1) is 0 Å². The highest BCUT2D eigenvalue weighted by molar-refractivity contribution is 5.68. The number of carbonyl (C=O) groups is 1. The molecule has 6 heteroatoms. The molecule has 0 amide bonds. The fourth-order valence-electron chi connectivity index (χ4n) is 1.43. The Hall–Kier alpha value is -0.690. The van der Waals surface area contributed by atoms with Crippen molar-refractivity contribution < 1.29 is 28.5 Å². The van der Waals surface area contributed by atoms with Gasteiger partial charge < -0.3 is 23.7 Å². The molecule has 0 aromatic carbocycles. The smallest absolute Gasteiger partial charge is 0.305 e. The molecule has 0 aliphatic carbocycles. The van der Waals surface area contributed by atoms with Crippen LogP contribution in [0.4, 0.5) is 0 Å². The monoisotopic (exact) mass is 306 g/mol. The molecule has 0 aromatic rings. The maximum absolute atomic E-state index is 10.8. The number of hydrogen-bond acceptors (Lipinski definition) is 6. The lowest BCUT2D eigenvalue weighted by atomic mass is 10.3. The Labute approximate surface area is 128 Å². The molecule has 0 aromatic heterocycles. The first kappa shape index (κ1) is 20.3. The number of esters is 1. The van der Waals surface area contributed by atoms with E-state index in [0.29, 0.717) is 59.1 Å². The molecule has 0 radical (unpaired) electrons. The van der Waals surface area contributed by atoms with E-state index >= 15 is 0 Å². The summed E-state index contributed by atoms with van der Waals surface area (Å²) in [6.07, 6.45) is 3.32. The van der Waals surface area contributed by atoms with E-state index in [0.717, 1.165) is 19.4 Å². The molecule has 0 saturated heterocycles. The molecule has 0 atom stereocenters. The molecule has 0 saturated carbocycles. The van der Waals surface area contributed by atoms with Crippen molar-refractivity contribution in [2.24, 2.45) is 0 Å². The third-order valence-corrected chi connectivity index (χ3v) is 2.66. The average molecular weight is 306 g/mol. The number of rotatable bonds is 16. The van der Waals surface area contributed by atoms with Crippen LogP contribution in [0.3, 0.4) is 0 Å². The van der Waals surface area contributed by atoms with E-state index in [1.54, 1.807) is 0 Å². The maximum Gasteiger partial charge on any atom is 0.305 e. The maximum atomic E-state index is 10.8. The fourth-order valence-corrected chi connectivity index (χ4v) is 1.43. The van der Waals surface area contributed by atoms with Crippen molar-refractivity contribution in [2.45, 2.75) is 32.6 Å². The van der Waals surface area contributed by atoms with Crippen LogP contribution in [0.2, 0.25) is 0 Å². The normalized spacial score (nSPS) is 10.8. The van der Waals surface area contributed by atoms with Crippen molar-refractivity contribution >= 4 is 5.97 Å². The van der Waals surface area contributed by atoms with Gasteiger partial charge in [0.05, 0.1) is 46.8 Å². The van der Waals surface area contributed by atoms with Gasteiger partial charge in [0.15, 0.2) is 0 Å². The lowest BCUT2D eigenvalue weighted by Crippen LogP contribution is -2.12. The Kier molecular flexibility index (Phi) is 16.8. The van der Waals surface area contributed by atoms with Crippen molar-refractivity contribution in [3.8, 4) is 0 Å². The second-order valence-corrected chi connectivity index (χ2v) is 4.48. The lowest BCUT2D eigenvalue weighted by molar-refractivity contribution is -0.141. The Morgan fingerprint density at radius 1 is 0.714 bits per heavy atom. The zero-order valence-electron chi connectivity index (χ0n) is 13.4. The molecular formula is C15H30O6. The molecule has 0 heterocycles. The minimum absolute atomic E-state index is 0.203. The first-order chi connectivity index (χ1) is 10.3. The van der Waals surface area contributed by atoms with Crippen molar-refractivity contribution in [1.82, 2.24) is 0 Å². The molecule has 21 heavy (non-hydrogen) atoms. The molecule has 126 valence electrons. The van der Waals surface area contributed by atoms with E-state index < -0.39 is 0 Å². The van der Waals surface area contributed by atoms with Crippen LogP contribution in [0.1, 0.15) is 32.6 Å². The van der Waals surface area contributed by atoms with Crippen molar-refractivity contribution in [3.63, 3.8) is 0 Å². The molecule has 6 nitrogen and oxygen atoms in total. The second-order valence-electron chi connectivity index (χ2n) is 4.48. The van der Waals surface area contributed by atoms with Gasteiger partial charge in [-0.25, -0.2) is 0 Å². The average Bonchev–Trinajstić information content (AvgIpc) is 2.50. The largest absolute Gasteiger partial charge is 0.469 e. The van der Waals surface area contributed by atoms with Gasteiger partial charge in [-0.1, -0.05) is 13.3 Å². The van der Waals surface area contributed by atoms with E-state index in [2.05, 4.69) is 11.7 Å². The molecule has 0 unspecified atom stereocenters. The van der Waals surface area contributed by atoms with Gasteiger partial charge in [0.1, 0.15) is 0 Å². The van der Waals surface area contributed by atoms with Crippen LogP contribution >= 0.6 is 0 Å². The van der Waals surface area contributed by atoms with Crippen LogP contribution in [0.15, 0.2) is 0 Å². The number of carbonyl (C=O) groups excluding carboxylic acids is 1. The Morgan fingerprint density at radius 3 is 1.57 bits per heavy atom. The number of hydrogen-bond donors (Lipinski definition) is 0. The van der Waals surface area contributed by atoms with Crippen LogP contribution in [-0.2, 0) is 28.5 Å². The van der Waals surface area contributed by atoms with E-state index in [9.17, 15) is 4.79 Å². The van der Waals surface area contributed by atoms with E-state index in [-0.39, 0.29) is 5.97 Å². The van der Waals surface area contributed by atoms with Crippen LogP contribution in [0.5, 0.6) is 0 Å². The zero-order valence-corrected chi connectivity index (χ0v) is 13.4. The van der Waals surface area contributed by atoms with Crippen molar-refractivity contribution in [3.05, 3.63) is 0 Å². The summed E-state index contributed by atoms with van der Waals surface area (Å²) in [7, 11) is 1.39. The van der Waals surface area contributed by atoms with Gasteiger partial charge in [0.2, 0.25) is 0 Å². The van der Waals surface area contributed by atoms with E-state index in [1.165, 1.54) is 7.11 Å². The summed E-state index contributed by atoms with van der Waals surface area (Å²) in [5.41, 5.74) is 0. The standard InChI is InChI=1S/C15H30O6/c1-3-4-7-18-9-11-20-13-14-21-12-10-19-8-5-6-15(16)17-2/h3-14H2,1-2H3. The van der Waals surface area contributed by atoms with Gasteiger partial charge in [0.25, 0.3) is 0 Å². The third-order valence-electron chi connectivity index (χ3n) is 2.66. The Balaban J connectivity index is 2.98. The van der Waals surface area contributed by atoms with E-state index in [4.69, 9.17) is 18.9 Å². The molecule has 0 aliphatic rings. The van der Waals surface area contributed by atoms with Crippen LogP contribution < -0.4 is 0 Å². The minimum atomic E-state index is -0.203. The minimum Gasteiger partial charge on any atom is -0.469 e. The molecule has 0 N–H and O–H groups in total. The summed E-state index contributed by atoms with van der Waals surface area (Å²) in [5, 5.41) is 0. The Morgan fingerprint density at radius 2 is 1.14 bits per heavy atom. The van der Waals surface area contributed by atoms with Gasteiger partial charge in [-0.05, 0) is 12.8 Å². The van der Waals surface area contributed by atoms with E-state index in [1.807, 2.05) is 0 Å². The summed E-state index contributed by atoms with van der Waals surface area (Å²) in [6.45, 7) is 6.93. The summed E-state index contributed by atoms with van der Waals surface area (Å²) in [5.74, 6) is -0.203. The molecule has 0 rings (SSSR count). The number of ether oxygens (including phenoxy) is 5. The van der Waals surface area contributed by atoms with Crippen molar-refractivity contribution in [2.75, 3.05) is 60.0 Å². The third kappa shape index (κ3) is 17.3. The summed E-state index contributed by atoms with van der Waals surface area (Å²) in [4.78, 5) is 10.8. The van der Waals surface area contributed by atoms with Crippen LogP contribution in [-0.4, -0.2) is 65.9 Å². The molecule has 0 fully saturated rings. The van der Waals surface area contributed by atoms with Gasteiger partial charge in [-0.3, -0.25) is 4.79 Å². The first-order valence-corrected chi connectivity index (χ1v) is 7.69. The zero-order chi connectivity index (χ0) is 15.6. The van der Waals surface area contributed by atoms with Crippen LogP contribution in [0, 0.1) is 0 Å². The Bertz CT molecular complexity index is 222. The van der Waals surface area contributed by atoms with Gasteiger partial charge in [0, 0.05) is 19.6 Å². The fraction of sp³-hybridized carbons (Fsp3) is 0.933. The molecule has 0 bridgehead atoms. The summed E-state index contributed by atoms with van der Waals surface area (Å²) in [6, 6.07) is 0. The summed E-state index contributed by atoms with van der Waals surface area (Å²) < 4.78 is 25.9. The van der Waals surface area contributed by atoms with Gasteiger partial charge in [-0.2, -0.15) is 0 Å². The lowest BCUT2D eigenvalue weighted by Gasteiger charge is -2.07. The molecule has 0 aliphatic heterocycles. The van der Waals surface area contributed by atoms with Crippen molar-refractivity contribution in [1.29, 1.82) is 0 Å². The SMILES string of the molecule is CCCCOCCOCCOCCOCCCC(=O)OC. The highest BCUT2D eigenvalue weighted by Gasteiger charge is 1.99. The highest BCUT2D eigenvalue weighted by atomic mass is 16.6. The van der Waals surface area contributed by atoms with Crippen LogP contribution in [0.25, 0.3) is 0 Å². The highest BCUT2D eigenvalue weighted by Crippen LogP contribution is 1.92. The number of methoxy groups -OCH3 is 1. The topological polar surface area (TPSA) is 63.2 Å². The molecular weight excluding hydrogens is 276 g/mol. The summed E-state index contributed by atoms with van der Waals surface area (Å²) >= 11 is 0. The molecule has 0 spiro atoms. The number of unbranched alkanes of at least 4 members (excludes halogenated alkanes) is 1. The predicted octanol–water partition coefficient (Wildman–Crippen LogP) is 1.81. The first-order valence-electron chi connectivity index (χ1n) is 7.69. The second kappa shape index (κ2) is 17.4. The predicted molar refractivity (Wildman–Crippen MR) is 79.4 cm³/mol. The van der Waals surface area contributed by atoms with Gasteiger partial charge >= 0.3 is 5.97 Å². The quantitative estimate of drug-likeness (QED) is 0.320.